The van der Waals surface area contributed by atoms with Gasteiger partial charge in [-0.25, -0.2) is 0 Å². The highest BCUT2D eigenvalue weighted by Crippen LogP contribution is 2.16. The van der Waals surface area contributed by atoms with Crippen molar-refractivity contribution >= 4 is 17.9 Å². The standard InChI is InChI=1S/C53H95NO7/c1-6-8-10-12-14-16-18-20-22-24-25-26-28-29-31-33-35-37-39-41-43-51(55)60-48-49(47-59-46-45-50(53(57)58)54(3,4)5)61-52(56)44-42-40-38-36-34-32-30-27-23-21-19-17-15-13-11-9-7-2/h15,17,21,23,30,32,36,38,49-50H,6-14,16,18-20,22,24-29,31,33-35,37,39-48H2,1-5H3/b17-15+,23-21+,32-30+,38-36+. The van der Waals surface area contributed by atoms with E-state index in [1.807, 2.05) is 0 Å². The van der Waals surface area contributed by atoms with Gasteiger partial charge in [-0.2, -0.15) is 0 Å². The van der Waals surface area contributed by atoms with Gasteiger partial charge in [0.2, 0.25) is 0 Å². The molecule has 0 spiro atoms. The highest BCUT2D eigenvalue weighted by atomic mass is 16.6. The van der Waals surface area contributed by atoms with Gasteiger partial charge in [-0.3, -0.25) is 9.59 Å². The van der Waals surface area contributed by atoms with E-state index >= 15 is 0 Å². The molecule has 0 bridgehead atoms. The monoisotopic (exact) mass is 858 g/mol. The number of hydrogen-bond donors (Lipinski definition) is 0. The van der Waals surface area contributed by atoms with Crippen LogP contribution in [-0.2, 0) is 28.6 Å². The Morgan fingerprint density at radius 1 is 0.492 bits per heavy atom. The predicted octanol–water partition coefficient (Wildman–Crippen LogP) is 13.0. The Balaban J connectivity index is 4.31. The van der Waals surface area contributed by atoms with Gasteiger partial charge >= 0.3 is 11.9 Å². The number of likely N-dealkylation sites (N-methyl/N-ethyl adjacent to an activating group) is 1. The second-order valence-electron chi connectivity index (χ2n) is 18.1. The minimum Gasteiger partial charge on any atom is -0.544 e. The van der Waals surface area contributed by atoms with E-state index in [9.17, 15) is 19.5 Å². The number of ether oxygens (including phenoxy) is 3. The quantitative estimate of drug-likeness (QED) is 0.0260. The summed E-state index contributed by atoms with van der Waals surface area (Å²) in [5.41, 5.74) is 0. The fraction of sp³-hybridized carbons (Fsp3) is 0.792. The van der Waals surface area contributed by atoms with Crippen LogP contribution in [0.5, 0.6) is 0 Å². The number of carbonyl (C=O) groups is 3. The first-order valence-electron chi connectivity index (χ1n) is 25.2. The summed E-state index contributed by atoms with van der Waals surface area (Å²) in [6.45, 7) is 4.60. The number of allylic oxidation sites excluding steroid dienone is 8. The van der Waals surface area contributed by atoms with E-state index in [2.05, 4.69) is 62.5 Å². The molecule has 0 aliphatic rings. The highest BCUT2D eigenvalue weighted by molar-refractivity contribution is 5.70. The molecule has 0 aromatic heterocycles. The van der Waals surface area contributed by atoms with Crippen molar-refractivity contribution in [2.45, 2.75) is 231 Å². The van der Waals surface area contributed by atoms with E-state index < -0.39 is 18.1 Å². The zero-order chi connectivity index (χ0) is 44.9. The Hall–Kier alpha value is -2.71. The largest absolute Gasteiger partial charge is 0.544 e. The number of aliphatic carboxylic acids is 1. The molecule has 0 fully saturated rings. The smallest absolute Gasteiger partial charge is 0.306 e. The summed E-state index contributed by atoms with van der Waals surface area (Å²) in [5.74, 6) is -1.80. The van der Waals surface area contributed by atoms with Gasteiger partial charge in [0.25, 0.3) is 0 Å². The molecule has 8 heteroatoms. The summed E-state index contributed by atoms with van der Waals surface area (Å²) >= 11 is 0. The number of carboxylic acids is 1. The third kappa shape index (κ3) is 42.4. The molecule has 0 aliphatic heterocycles. The number of nitrogens with zero attached hydrogens (tertiary/aromatic N) is 1. The number of unbranched alkanes of at least 4 members (excludes halogenated alkanes) is 23. The summed E-state index contributed by atoms with van der Waals surface area (Å²) in [4.78, 5) is 37.0. The lowest BCUT2D eigenvalue weighted by Crippen LogP contribution is -2.55. The number of rotatable bonds is 45. The molecule has 0 N–H and O–H groups in total. The zero-order valence-corrected chi connectivity index (χ0v) is 40.3. The van der Waals surface area contributed by atoms with Gasteiger partial charge in [0, 0.05) is 19.3 Å². The van der Waals surface area contributed by atoms with Crippen LogP contribution in [-0.4, -0.2) is 75.5 Å². The van der Waals surface area contributed by atoms with Crippen LogP contribution >= 0.6 is 0 Å². The summed E-state index contributed by atoms with van der Waals surface area (Å²) < 4.78 is 17.2. The molecular formula is C53H95NO7. The minimum atomic E-state index is -1.13. The Bertz CT molecular complexity index is 1140. The van der Waals surface area contributed by atoms with E-state index in [4.69, 9.17) is 14.2 Å². The van der Waals surface area contributed by atoms with Crippen LogP contribution in [0.4, 0.5) is 0 Å². The van der Waals surface area contributed by atoms with Crippen molar-refractivity contribution in [1.29, 1.82) is 0 Å². The van der Waals surface area contributed by atoms with Gasteiger partial charge in [0.1, 0.15) is 12.6 Å². The Morgan fingerprint density at radius 3 is 1.33 bits per heavy atom. The molecule has 61 heavy (non-hydrogen) atoms. The minimum absolute atomic E-state index is 0.0203. The molecule has 0 aromatic carbocycles. The van der Waals surface area contributed by atoms with Crippen molar-refractivity contribution in [3.05, 3.63) is 48.6 Å². The molecule has 0 amide bonds. The molecule has 0 heterocycles. The highest BCUT2D eigenvalue weighted by Gasteiger charge is 2.25. The van der Waals surface area contributed by atoms with Crippen molar-refractivity contribution < 1.29 is 38.2 Å². The Morgan fingerprint density at radius 2 is 0.885 bits per heavy atom. The maximum absolute atomic E-state index is 12.7. The topological polar surface area (TPSA) is 102 Å². The van der Waals surface area contributed by atoms with Gasteiger partial charge in [0.05, 0.1) is 40.3 Å². The van der Waals surface area contributed by atoms with Gasteiger partial charge < -0.3 is 28.6 Å². The molecule has 0 aliphatic carbocycles. The summed E-state index contributed by atoms with van der Waals surface area (Å²) in [5, 5.41) is 11.6. The molecule has 0 saturated carbocycles. The van der Waals surface area contributed by atoms with E-state index in [1.165, 1.54) is 135 Å². The fourth-order valence-corrected chi connectivity index (χ4v) is 7.30. The van der Waals surface area contributed by atoms with Crippen molar-refractivity contribution in [1.82, 2.24) is 0 Å². The predicted molar refractivity (Wildman–Crippen MR) is 254 cm³/mol. The number of carboxylic acid groups (broad SMARTS) is 1. The first-order chi connectivity index (χ1) is 29.6. The molecule has 2 unspecified atom stereocenters. The summed E-state index contributed by atoms with van der Waals surface area (Å²) in [6.07, 6.45) is 52.9. The van der Waals surface area contributed by atoms with Crippen LogP contribution in [0.3, 0.4) is 0 Å². The molecule has 0 radical (unpaired) electrons. The van der Waals surface area contributed by atoms with Crippen LogP contribution in [0.1, 0.15) is 219 Å². The SMILES string of the molecule is CCCCC/C=C/C/C=C/C/C=C/C/C=C/CCCC(=O)OC(COCCC(C(=O)[O-])[N+](C)(C)C)COC(=O)CCCCCCCCCCCCCCCCCCCCCC. The first-order valence-corrected chi connectivity index (χ1v) is 25.2. The molecule has 0 saturated heterocycles. The van der Waals surface area contributed by atoms with Crippen LogP contribution in [0.2, 0.25) is 0 Å². The van der Waals surface area contributed by atoms with Crippen molar-refractivity contribution in [3.63, 3.8) is 0 Å². The second kappa shape index (κ2) is 43.9. The fourth-order valence-electron chi connectivity index (χ4n) is 7.30. The molecule has 354 valence electrons. The van der Waals surface area contributed by atoms with Crippen LogP contribution in [0, 0.1) is 0 Å². The number of hydrogen-bond acceptors (Lipinski definition) is 7. The lowest BCUT2D eigenvalue weighted by atomic mass is 10.0. The maximum atomic E-state index is 12.7. The normalized spacial score (nSPS) is 13.3. The third-order valence-electron chi connectivity index (χ3n) is 11.2. The van der Waals surface area contributed by atoms with Gasteiger partial charge in [-0.15, -0.1) is 0 Å². The lowest BCUT2D eigenvalue weighted by Gasteiger charge is -2.34. The number of carbonyl (C=O) groups excluding carboxylic acids is 3. The van der Waals surface area contributed by atoms with Crippen molar-refractivity contribution in [2.75, 3.05) is 41.0 Å². The molecule has 0 aromatic rings. The van der Waals surface area contributed by atoms with Crippen LogP contribution in [0.25, 0.3) is 0 Å². The number of esters is 2. The number of quaternary nitrogens is 1. The van der Waals surface area contributed by atoms with E-state index in [0.29, 0.717) is 12.8 Å². The average molecular weight is 858 g/mol. The Labute approximate surface area is 376 Å². The molecule has 8 nitrogen and oxygen atoms in total. The van der Waals surface area contributed by atoms with Crippen LogP contribution in [0.15, 0.2) is 48.6 Å². The summed E-state index contributed by atoms with van der Waals surface area (Å²) in [6, 6.07) is -0.736. The second-order valence-corrected chi connectivity index (χ2v) is 18.1. The maximum Gasteiger partial charge on any atom is 0.306 e. The molecular weight excluding hydrogens is 763 g/mol. The van der Waals surface area contributed by atoms with E-state index in [-0.39, 0.29) is 49.1 Å². The molecule has 0 rings (SSSR count). The summed E-state index contributed by atoms with van der Waals surface area (Å²) in [7, 11) is 5.40. The molecule has 2 atom stereocenters. The first kappa shape index (κ1) is 58.3. The van der Waals surface area contributed by atoms with Gasteiger partial charge in [-0.1, -0.05) is 197 Å². The van der Waals surface area contributed by atoms with Gasteiger partial charge in [-0.05, 0) is 51.4 Å². The van der Waals surface area contributed by atoms with Crippen molar-refractivity contribution in [3.8, 4) is 0 Å². The third-order valence-corrected chi connectivity index (χ3v) is 11.2. The van der Waals surface area contributed by atoms with Crippen LogP contribution < -0.4 is 5.11 Å². The zero-order valence-electron chi connectivity index (χ0n) is 40.3. The van der Waals surface area contributed by atoms with E-state index in [1.54, 1.807) is 21.1 Å². The van der Waals surface area contributed by atoms with Crippen molar-refractivity contribution in [2.24, 2.45) is 0 Å². The Kier molecular flexibility index (Phi) is 42.0. The van der Waals surface area contributed by atoms with E-state index in [0.717, 1.165) is 44.9 Å². The lowest BCUT2D eigenvalue weighted by molar-refractivity contribution is -0.889. The van der Waals surface area contributed by atoms with Gasteiger partial charge in [0.15, 0.2) is 6.10 Å². The average Bonchev–Trinajstić information content (AvgIpc) is 3.22.